The fourth-order valence-electron chi connectivity index (χ4n) is 1.79. The molecule has 4 N–H and O–H groups in total. The van der Waals surface area contributed by atoms with Crippen molar-refractivity contribution in [2.45, 2.75) is 13.0 Å². The smallest absolute Gasteiger partial charge is 0.316 e. The quantitative estimate of drug-likeness (QED) is 0.789. The lowest BCUT2D eigenvalue weighted by atomic mass is 10.1. The Labute approximate surface area is 129 Å². The van der Waals surface area contributed by atoms with Crippen LogP contribution in [0, 0.1) is 0 Å². The van der Waals surface area contributed by atoms with Gasteiger partial charge < -0.3 is 20.8 Å². The van der Waals surface area contributed by atoms with Gasteiger partial charge in [0.1, 0.15) is 6.26 Å². The fourth-order valence-corrected chi connectivity index (χ4v) is 2.13. The number of urea groups is 1. The molecule has 1 aromatic heterocycles. The van der Waals surface area contributed by atoms with E-state index in [2.05, 4.69) is 26.6 Å². The van der Waals surface area contributed by atoms with Crippen molar-refractivity contribution in [1.82, 2.24) is 5.32 Å². The maximum absolute atomic E-state index is 12.0. The lowest BCUT2D eigenvalue weighted by Crippen LogP contribution is -2.26. The van der Waals surface area contributed by atoms with Crippen molar-refractivity contribution in [3.8, 4) is 0 Å². The first-order valence-corrected chi connectivity index (χ1v) is 6.96. The minimum absolute atomic E-state index is 0.186. The average molecular weight is 352 g/mol. The molecule has 2 aromatic rings. The summed E-state index contributed by atoms with van der Waals surface area (Å²) < 4.78 is 5.53. The number of halogens is 1. The van der Waals surface area contributed by atoms with Crippen LogP contribution in [-0.2, 0) is 0 Å². The molecule has 0 radical (unpaired) electrons. The molecule has 1 unspecified atom stereocenters. The van der Waals surface area contributed by atoms with Gasteiger partial charge in [-0.05, 0) is 40.5 Å². The fraction of sp³-hybridized carbons (Fsp3) is 0.143. The summed E-state index contributed by atoms with van der Waals surface area (Å²) in [6.45, 7) is 1.86. The van der Waals surface area contributed by atoms with Gasteiger partial charge in [0.2, 0.25) is 0 Å². The van der Waals surface area contributed by atoms with Crippen LogP contribution in [0.15, 0.2) is 45.7 Å². The van der Waals surface area contributed by atoms with Crippen LogP contribution in [0.25, 0.3) is 0 Å². The van der Waals surface area contributed by atoms with Crippen molar-refractivity contribution in [3.05, 3.63) is 52.4 Å². The van der Waals surface area contributed by atoms with Crippen LogP contribution in [0.5, 0.6) is 0 Å². The Balaban J connectivity index is 2.01. The predicted octanol–water partition coefficient (Wildman–Crippen LogP) is 3.02. The van der Waals surface area contributed by atoms with Gasteiger partial charge in [0.15, 0.2) is 4.67 Å². The zero-order chi connectivity index (χ0) is 15.4. The normalized spacial score (nSPS) is 11.7. The van der Waals surface area contributed by atoms with Gasteiger partial charge in [-0.3, -0.25) is 4.79 Å². The number of furan rings is 1. The molecule has 0 fully saturated rings. The number of amides is 3. The molecule has 1 heterocycles. The molecule has 110 valence electrons. The van der Waals surface area contributed by atoms with Crippen LogP contribution in [0.1, 0.15) is 28.9 Å². The van der Waals surface area contributed by atoms with Crippen LogP contribution >= 0.6 is 15.9 Å². The number of rotatable bonds is 4. The molecule has 0 saturated carbocycles. The number of hydrogen-bond donors (Lipinski definition) is 3. The van der Waals surface area contributed by atoms with Gasteiger partial charge in [0.25, 0.3) is 5.91 Å². The number of carbonyl (C=O) groups excluding carboxylic acids is 2. The lowest BCUT2D eigenvalue weighted by molar-refractivity contribution is 0.0939. The van der Waals surface area contributed by atoms with E-state index in [1.165, 1.54) is 6.26 Å². The molecular formula is C14H14BrN3O3. The Morgan fingerprint density at radius 3 is 2.48 bits per heavy atom. The van der Waals surface area contributed by atoms with Gasteiger partial charge in [-0.15, -0.1) is 0 Å². The second kappa shape index (κ2) is 6.45. The third kappa shape index (κ3) is 4.09. The van der Waals surface area contributed by atoms with Crippen LogP contribution in [0.2, 0.25) is 0 Å². The van der Waals surface area contributed by atoms with Crippen molar-refractivity contribution in [2.75, 3.05) is 5.32 Å². The van der Waals surface area contributed by atoms with Gasteiger partial charge in [-0.1, -0.05) is 12.1 Å². The van der Waals surface area contributed by atoms with E-state index in [4.69, 9.17) is 10.2 Å². The Hall–Kier alpha value is -2.28. The van der Waals surface area contributed by atoms with E-state index in [-0.39, 0.29) is 11.9 Å². The first-order chi connectivity index (χ1) is 9.95. The molecule has 0 aliphatic rings. The van der Waals surface area contributed by atoms with Crippen molar-refractivity contribution in [2.24, 2.45) is 5.73 Å². The maximum Gasteiger partial charge on any atom is 0.316 e. The first kappa shape index (κ1) is 15.1. The Kier molecular flexibility index (Phi) is 4.64. The number of primary amides is 1. The highest BCUT2D eigenvalue weighted by atomic mass is 79.9. The summed E-state index contributed by atoms with van der Waals surface area (Å²) >= 11 is 3.15. The third-order valence-corrected chi connectivity index (χ3v) is 3.27. The summed E-state index contributed by atoms with van der Waals surface area (Å²) in [5.74, 6) is -0.226. The summed E-state index contributed by atoms with van der Waals surface area (Å²) in [6, 6.07) is 7.85. The van der Waals surface area contributed by atoms with Gasteiger partial charge in [0, 0.05) is 11.8 Å². The minimum atomic E-state index is -0.616. The van der Waals surface area contributed by atoms with Crippen molar-refractivity contribution >= 4 is 33.6 Å². The minimum Gasteiger partial charge on any atom is -0.457 e. The number of nitrogens with one attached hydrogen (secondary N) is 2. The first-order valence-electron chi connectivity index (χ1n) is 6.17. The molecule has 3 amide bonds. The van der Waals surface area contributed by atoms with Gasteiger partial charge in [-0.2, -0.15) is 0 Å². The van der Waals surface area contributed by atoms with Crippen LogP contribution in [0.4, 0.5) is 10.5 Å². The zero-order valence-electron chi connectivity index (χ0n) is 11.2. The summed E-state index contributed by atoms with van der Waals surface area (Å²) in [4.78, 5) is 22.7. The van der Waals surface area contributed by atoms with Crippen molar-refractivity contribution in [3.63, 3.8) is 0 Å². The van der Waals surface area contributed by atoms with Crippen LogP contribution in [-0.4, -0.2) is 11.9 Å². The molecule has 0 aliphatic heterocycles. The molecule has 0 bridgehead atoms. The summed E-state index contributed by atoms with van der Waals surface area (Å²) in [5.41, 5.74) is 6.98. The number of hydrogen-bond acceptors (Lipinski definition) is 3. The van der Waals surface area contributed by atoms with Gasteiger partial charge >= 0.3 is 6.03 Å². The highest BCUT2D eigenvalue weighted by Gasteiger charge is 2.13. The highest BCUT2D eigenvalue weighted by molar-refractivity contribution is 9.10. The van der Waals surface area contributed by atoms with Crippen molar-refractivity contribution in [1.29, 1.82) is 0 Å². The largest absolute Gasteiger partial charge is 0.457 e. The van der Waals surface area contributed by atoms with Crippen molar-refractivity contribution < 1.29 is 14.0 Å². The Bertz CT molecular complexity index is 652. The molecule has 0 saturated heterocycles. The summed E-state index contributed by atoms with van der Waals surface area (Å²) in [7, 11) is 0. The number of carbonyl (C=O) groups is 2. The van der Waals surface area contributed by atoms with Crippen LogP contribution in [0.3, 0.4) is 0 Å². The van der Waals surface area contributed by atoms with Gasteiger partial charge in [-0.25, -0.2) is 4.79 Å². The topological polar surface area (TPSA) is 97.4 Å². The summed E-state index contributed by atoms with van der Waals surface area (Å²) in [6.07, 6.45) is 1.38. The van der Waals surface area contributed by atoms with E-state index in [9.17, 15) is 9.59 Å². The molecule has 6 nitrogen and oxygen atoms in total. The van der Waals surface area contributed by atoms with E-state index < -0.39 is 6.03 Å². The Morgan fingerprint density at radius 2 is 1.95 bits per heavy atom. The number of nitrogens with two attached hydrogens (primary N) is 1. The van der Waals surface area contributed by atoms with E-state index in [1.807, 2.05) is 19.1 Å². The number of anilines is 1. The average Bonchev–Trinajstić information content (AvgIpc) is 2.85. The van der Waals surface area contributed by atoms with Crippen LogP contribution < -0.4 is 16.4 Å². The second-order valence-electron chi connectivity index (χ2n) is 4.45. The standard InChI is InChI=1S/C14H14BrN3O3/c1-8(17-13(19)10-6-12(15)21-7-10)9-2-4-11(5-3-9)18-14(16)20/h2-8H,1H3,(H,17,19)(H3,16,18,20). The maximum atomic E-state index is 12.0. The number of benzene rings is 1. The predicted molar refractivity (Wildman–Crippen MR) is 81.9 cm³/mol. The molecule has 2 rings (SSSR count). The monoisotopic (exact) mass is 351 g/mol. The molecule has 0 aliphatic carbocycles. The summed E-state index contributed by atoms with van der Waals surface area (Å²) in [5, 5.41) is 5.33. The second-order valence-corrected chi connectivity index (χ2v) is 5.23. The highest BCUT2D eigenvalue weighted by Crippen LogP contribution is 2.18. The van der Waals surface area contributed by atoms with Gasteiger partial charge in [0.05, 0.1) is 11.6 Å². The molecule has 1 aromatic carbocycles. The van der Waals surface area contributed by atoms with E-state index in [1.54, 1.807) is 18.2 Å². The Morgan fingerprint density at radius 1 is 1.29 bits per heavy atom. The zero-order valence-corrected chi connectivity index (χ0v) is 12.8. The molecular weight excluding hydrogens is 338 g/mol. The van der Waals surface area contributed by atoms with E-state index in [0.717, 1.165) is 5.56 Å². The molecule has 7 heteroatoms. The van der Waals surface area contributed by atoms with E-state index >= 15 is 0 Å². The molecule has 0 spiro atoms. The third-order valence-electron chi connectivity index (χ3n) is 2.86. The van der Waals surface area contributed by atoms with E-state index in [0.29, 0.717) is 15.9 Å². The SMILES string of the molecule is CC(NC(=O)c1coc(Br)c1)c1ccc(NC(N)=O)cc1. The lowest BCUT2D eigenvalue weighted by Gasteiger charge is -2.14. The molecule has 21 heavy (non-hydrogen) atoms. The molecule has 1 atom stereocenters.